The Morgan fingerprint density at radius 2 is 0.875 bits per heavy atom. The summed E-state index contributed by atoms with van der Waals surface area (Å²) in [6.45, 7) is 19.5. The van der Waals surface area contributed by atoms with Crippen molar-refractivity contribution < 1.29 is 0 Å². The first-order valence-corrected chi connectivity index (χ1v) is 8.73. The minimum Gasteiger partial charge on any atom is -0.0776 e. The Bertz CT molecular complexity index is 519. The van der Waals surface area contributed by atoms with E-state index in [0.717, 1.165) is 0 Å². The van der Waals surface area contributed by atoms with E-state index in [1.165, 1.54) is 16.7 Å². The Kier molecular flexibility index (Phi) is 11.4. The molecule has 0 radical (unpaired) electrons. The third-order valence-corrected chi connectivity index (χ3v) is 3.56. The van der Waals surface area contributed by atoms with Crippen LogP contribution in [0.15, 0.2) is 54.6 Å². The van der Waals surface area contributed by atoms with Crippen LogP contribution in [-0.4, -0.2) is 0 Å². The lowest BCUT2D eigenvalue weighted by atomic mass is 9.87. The summed E-state index contributed by atoms with van der Waals surface area (Å²) in [6.07, 6.45) is 0. The molecule has 24 heavy (non-hydrogen) atoms. The van der Waals surface area contributed by atoms with Gasteiger partial charge in [0.15, 0.2) is 0 Å². The zero-order valence-electron chi connectivity index (χ0n) is 16.7. The molecular formula is C24H40. The van der Waals surface area contributed by atoms with Crippen LogP contribution < -0.4 is 0 Å². The van der Waals surface area contributed by atoms with Gasteiger partial charge in [-0.1, -0.05) is 123 Å². The van der Waals surface area contributed by atoms with E-state index in [1.54, 1.807) is 0 Å². The highest BCUT2D eigenvalue weighted by molar-refractivity contribution is 5.26. The van der Waals surface area contributed by atoms with Gasteiger partial charge in [-0.2, -0.15) is 0 Å². The van der Waals surface area contributed by atoms with Gasteiger partial charge in [0, 0.05) is 0 Å². The Hall–Kier alpha value is -1.56. The topological polar surface area (TPSA) is 0 Å². The van der Waals surface area contributed by atoms with Crippen LogP contribution in [-0.2, 0) is 10.8 Å². The monoisotopic (exact) mass is 328 g/mol. The first kappa shape index (κ1) is 24.7. The summed E-state index contributed by atoms with van der Waals surface area (Å²) < 4.78 is 0. The van der Waals surface area contributed by atoms with Crippen molar-refractivity contribution in [3.8, 4) is 0 Å². The molecule has 0 saturated carbocycles. The van der Waals surface area contributed by atoms with Crippen molar-refractivity contribution in [2.45, 2.75) is 80.6 Å². The van der Waals surface area contributed by atoms with E-state index in [9.17, 15) is 0 Å². The molecule has 0 aliphatic rings. The predicted octanol–water partition coefficient (Wildman–Crippen LogP) is 7.94. The van der Waals surface area contributed by atoms with Gasteiger partial charge in [0.25, 0.3) is 0 Å². The molecule has 0 amide bonds. The van der Waals surface area contributed by atoms with Crippen LogP contribution in [0.5, 0.6) is 0 Å². The number of hydrogen-bond donors (Lipinski definition) is 0. The normalized spacial score (nSPS) is 10.4. The maximum Gasteiger partial charge on any atom is -0.0132 e. The lowest BCUT2D eigenvalue weighted by Crippen LogP contribution is -2.10. The highest BCUT2D eigenvalue weighted by Crippen LogP contribution is 2.22. The summed E-state index contributed by atoms with van der Waals surface area (Å²) >= 11 is 0. The Balaban J connectivity index is 0. The summed E-state index contributed by atoms with van der Waals surface area (Å²) in [6, 6.07) is 19.3. The second-order valence-corrected chi connectivity index (χ2v) is 7.73. The van der Waals surface area contributed by atoms with Crippen LogP contribution in [0.1, 0.15) is 79.5 Å². The molecule has 2 aromatic rings. The second-order valence-electron chi connectivity index (χ2n) is 7.73. The fraction of sp³-hybridized carbons (Fsp3) is 0.500. The second kappa shape index (κ2) is 11.1. The van der Waals surface area contributed by atoms with Crippen LogP contribution in [0.4, 0.5) is 0 Å². The Morgan fingerprint density at radius 3 is 1.17 bits per heavy atom. The molecule has 0 heterocycles. The minimum absolute atomic E-state index is 0. The summed E-state index contributed by atoms with van der Waals surface area (Å²) in [5.41, 5.74) is 4.71. The molecule has 0 bridgehead atoms. The van der Waals surface area contributed by atoms with Crippen LogP contribution >= 0.6 is 0 Å². The van der Waals surface area contributed by atoms with Crippen molar-refractivity contribution in [3.63, 3.8) is 0 Å². The molecule has 0 aliphatic carbocycles. The quantitative estimate of drug-likeness (QED) is 0.460. The SMILES string of the molecule is C.CC.CC(C)(C)c1ccccc1.Cc1ccc(C(C)(C)C)cc1. The van der Waals surface area contributed by atoms with E-state index >= 15 is 0 Å². The lowest BCUT2D eigenvalue weighted by Gasteiger charge is -2.18. The highest BCUT2D eigenvalue weighted by Gasteiger charge is 2.12. The fourth-order valence-corrected chi connectivity index (χ4v) is 1.99. The van der Waals surface area contributed by atoms with Gasteiger partial charge in [-0.05, 0) is 28.9 Å². The highest BCUT2D eigenvalue weighted by atomic mass is 14.2. The van der Waals surface area contributed by atoms with Gasteiger partial charge in [0.1, 0.15) is 0 Å². The lowest BCUT2D eigenvalue weighted by molar-refractivity contribution is 0.590. The molecule has 0 nitrogen and oxygen atoms in total. The molecule has 0 fully saturated rings. The standard InChI is InChI=1S/C11H16.C10H14.C2H6.CH4/c1-9-5-7-10(8-6-9)11(2,3)4;1-10(2,3)9-7-5-4-6-8-9;1-2;/h5-8H,1-4H3;4-8H,1-3H3;1-2H3;1H4. The fourth-order valence-electron chi connectivity index (χ4n) is 1.99. The van der Waals surface area contributed by atoms with Crippen molar-refractivity contribution in [3.05, 3.63) is 71.3 Å². The largest absolute Gasteiger partial charge is 0.0776 e. The van der Waals surface area contributed by atoms with Crippen molar-refractivity contribution in [1.82, 2.24) is 0 Å². The van der Waals surface area contributed by atoms with Crippen molar-refractivity contribution >= 4 is 0 Å². The molecule has 0 heteroatoms. The van der Waals surface area contributed by atoms with Gasteiger partial charge in [-0.15, -0.1) is 0 Å². The smallest absolute Gasteiger partial charge is 0.0132 e. The van der Waals surface area contributed by atoms with Crippen LogP contribution in [0.3, 0.4) is 0 Å². The number of rotatable bonds is 0. The first-order valence-electron chi connectivity index (χ1n) is 8.73. The summed E-state index contributed by atoms with van der Waals surface area (Å²) in [5.74, 6) is 0. The maximum atomic E-state index is 2.23. The maximum absolute atomic E-state index is 2.23. The third kappa shape index (κ3) is 9.55. The van der Waals surface area contributed by atoms with E-state index < -0.39 is 0 Å². The van der Waals surface area contributed by atoms with Crippen LogP contribution in [0, 0.1) is 6.92 Å². The minimum atomic E-state index is 0. The number of aryl methyl sites for hydroxylation is 1. The van der Waals surface area contributed by atoms with E-state index in [4.69, 9.17) is 0 Å². The summed E-state index contributed by atoms with van der Waals surface area (Å²) in [5, 5.41) is 0. The first-order chi connectivity index (χ1) is 10.6. The summed E-state index contributed by atoms with van der Waals surface area (Å²) in [7, 11) is 0. The molecule has 0 aliphatic heterocycles. The van der Waals surface area contributed by atoms with Gasteiger partial charge in [-0.25, -0.2) is 0 Å². The third-order valence-electron chi connectivity index (χ3n) is 3.56. The average molecular weight is 329 g/mol. The molecule has 0 spiro atoms. The zero-order valence-corrected chi connectivity index (χ0v) is 16.7. The van der Waals surface area contributed by atoms with Crippen molar-refractivity contribution in [2.24, 2.45) is 0 Å². The van der Waals surface area contributed by atoms with Gasteiger partial charge >= 0.3 is 0 Å². The van der Waals surface area contributed by atoms with Gasteiger partial charge < -0.3 is 0 Å². The van der Waals surface area contributed by atoms with Crippen LogP contribution in [0.25, 0.3) is 0 Å². The van der Waals surface area contributed by atoms with Gasteiger partial charge in [-0.3, -0.25) is 0 Å². The molecule has 2 aromatic carbocycles. The molecule has 0 saturated heterocycles. The molecule has 0 aromatic heterocycles. The molecule has 0 unspecified atom stereocenters. The molecular weight excluding hydrogens is 288 g/mol. The van der Waals surface area contributed by atoms with E-state index in [1.807, 2.05) is 13.8 Å². The molecule has 136 valence electrons. The van der Waals surface area contributed by atoms with Crippen molar-refractivity contribution in [1.29, 1.82) is 0 Å². The number of benzene rings is 2. The van der Waals surface area contributed by atoms with Gasteiger partial charge in [0.05, 0.1) is 0 Å². The van der Waals surface area contributed by atoms with E-state index in [2.05, 4.69) is 103 Å². The Labute approximate surface area is 152 Å². The van der Waals surface area contributed by atoms with Crippen molar-refractivity contribution in [2.75, 3.05) is 0 Å². The zero-order chi connectivity index (χ0) is 18.1. The molecule has 0 N–H and O–H groups in total. The summed E-state index contributed by atoms with van der Waals surface area (Å²) in [4.78, 5) is 0. The van der Waals surface area contributed by atoms with Crippen LogP contribution in [0.2, 0.25) is 0 Å². The molecule has 2 rings (SSSR count). The van der Waals surface area contributed by atoms with E-state index in [-0.39, 0.29) is 12.8 Å². The van der Waals surface area contributed by atoms with E-state index in [0.29, 0.717) is 5.41 Å². The number of hydrogen-bond acceptors (Lipinski definition) is 0. The average Bonchev–Trinajstić information content (AvgIpc) is 2.49. The van der Waals surface area contributed by atoms with Gasteiger partial charge in [0.2, 0.25) is 0 Å². The Morgan fingerprint density at radius 1 is 0.542 bits per heavy atom. The molecule has 0 atom stereocenters. The predicted molar refractivity (Wildman–Crippen MR) is 113 cm³/mol.